The predicted octanol–water partition coefficient (Wildman–Crippen LogP) is 2.79. The summed E-state index contributed by atoms with van der Waals surface area (Å²) in [5.74, 6) is 0.0534. The van der Waals surface area contributed by atoms with Gasteiger partial charge in [-0.3, -0.25) is 9.78 Å². The molecule has 0 aliphatic heterocycles. The molecule has 0 aliphatic rings. The molecule has 6 nitrogen and oxygen atoms in total. The van der Waals surface area contributed by atoms with Crippen molar-refractivity contribution in [1.29, 1.82) is 0 Å². The summed E-state index contributed by atoms with van der Waals surface area (Å²) in [6.07, 6.45) is 4.14. The number of aliphatic hydroxyl groups excluding tert-OH is 1. The van der Waals surface area contributed by atoms with Gasteiger partial charge in [-0.25, -0.2) is 0 Å². The first kappa shape index (κ1) is 18.7. The summed E-state index contributed by atoms with van der Waals surface area (Å²) in [4.78, 5) is 16.0. The van der Waals surface area contributed by atoms with E-state index in [0.29, 0.717) is 23.7 Å². The summed E-state index contributed by atoms with van der Waals surface area (Å²) < 4.78 is 15.8. The molecule has 0 spiro atoms. The molecule has 1 heterocycles. The highest BCUT2D eigenvalue weighted by Crippen LogP contribution is 2.33. The van der Waals surface area contributed by atoms with Crippen molar-refractivity contribution >= 4 is 5.97 Å². The van der Waals surface area contributed by atoms with Gasteiger partial charge in [0.2, 0.25) is 0 Å². The summed E-state index contributed by atoms with van der Waals surface area (Å²) in [6, 6.07) is 7.42. The van der Waals surface area contributed by atoms with Crippen LogP contribution in [0.25, 0.3) is 11.1 Å². The molecule has 0 fully saturated rings. The zero-order valence-corrected chi connectivity index (χ0v) is 14.7. The molecule has 134 valence electrons. The zero-order valence-electron chi connectivity index (χ0n) is 14.7. The number of hydrogen-bond donors (Lipinski definition) is 1. The fraction of sp³-hybridized carbons (Fsp3) is 0.368. The minimum atomic E-state index is -0.758. The Morgan fingerprint density at radius 3 is 2.60 bits per heavy atom. The number of rotatable bonds is 8. The first-order chi connectivity index (χ1) is 12.1. The van der Waals surface area contributed by atoms with Gasteiger partial charge in [-0.2, -0.15) is 0 Å². The molecule has 1 aromatic heterocycles. The van der Waals surface area contributed by atoms with Crippen molar-refractivity contribution in [2.24, 2.45) is 0 Å². The van der Waals surface area contributed by atoms with E-state index in [4.69, 9.17) is 14.2 Å². The molecule has 0 aliphatic carbocycles. The Morgan fingerprint density at radius 2 is 1.96 bits per heavy atom. The molecule has 2 aromatic rings. The Hall–Kier alpha value is -2.60. The lowest BCUT2D eigenvalue weighted by Crippen LogP contribution is -2.18. The molecule has 0 saturated carbocycles. The van der Waals surface area contributed by atoms with E-state index in [2.05, 4.69) is 4.98 Å². The number of esters is 1. The van der Waals surface area contributed by atoms with Crippen LogP contribution < -0.4 is 9.47 Å². The van der Waals surface area contributed by atoms with Gasteiger partial charge in [0.15, 0.2) is 11.5 Å². The van der Waals surface area contributed by atoms with E-state index < -0.39 is 11.9 Å². The summed E-state index contributed by atoms with van der Waals surface area (Å²) in [6.45, 7) is 2.28. The van der Waals surface area contributed by atoms with Crippen LogP contribution in [0.15, 0.2) is 36.7 Å². The van der Waals surface area contributed by atoms with Gasteiger partial charge in [-0.1, -0.05) is 13.0 Å². The number of nitrogens with zero attached hydrogens (tertiary/aromatic N) is 1. The molecule has 1 N–H and O–H groups in total. The Kier molecular flexibility index (Phi) is 6.77. The molecule has 1 aromatic carbocycles. The molecule has 2 rings (SSSR count). The fourth-order valence-corrected chi connectivity index (χ4v) is 2.45. The molecular weight excluding hydrogens is 322 g/mol. The van der Waals surface area contributed by atoms with Crippen LogP contribution in [0.1, 0.15) is 24.8 Å². The van der Waals surface area contributed by atoms with Gasteiger partial charge in [0.05, 0.1) is 27.4 Å². The molecule has 0 amide bonds. The van der Waals surface area contributed by atoms with Gasteiger partial charge < -0.3 is 19.3 Å². The van der Waals surface area contributed by atoms with Crippen LogP contribution in [0.5, 0.6) is 11.5 Å². The van der Waals surface area contributed by atoms with Crippen LogP contribution in [-0.2, 0) is 9.53 Å². The van der Waals surface area contributed by atoms with E-state index in [9.17, 15) is 9.90 Å². The molecular formula is C19H23NO5. The lowest BCUT2D eigenvalue weighted by molar-refractivity contribution is -0.143. The minimum absolute atomic E-state index is 0.342. The Bertz CT molecular complexity index is 717. The third kappa shape index (κ3) is 4.48. The van der Waals surface area contributed by atoms with Crippen molar-refractivity contribution in [1.82, 2.24) is 4.98 Å². The summed E-state index contributed by atoms with van der Waals surface area (Å²) in [7, 11) is 2.89. The van der Waals surface area contributed by atoms with Crippen molar-refractivity contribution in [3.63, 3.8) is 0 Å². The number of benzene rings is 1. The molecule has 1 unspecified atom stereocenters. The molecule has 0 radical (unpaired) electrons. The van der Waals surface area contributed by atoms with Crippen molar-refractivity contribution in [3.8, 4) is 22.6 Å². The summed E-state index contributed by atoms with van der Waals surface area (Å²) >= 11 is 0. The van der Waals surface area contributed by atoms with Gasteiger partial charge >= 0.3 is 5.97 Å². The predicted molar refractivity (Wildman–Crippen MR) is 93.9 cm³/mol. The van der Waals surface area contributed by atoms with Crippen LogP contribution in [0.4, 0.5) is 0 Å². The highest BCUT2D eigenvalue weighted by atomic mass is 16.5. The lowest BCUT2D eigenvalue weighted by Gasteiger charge is -2.14. The van der Waals surface area contributed by atoms with Crippen molar-refractivity contribution in [2.45, 2.75) is 19.3 Å². The largest absolute Gasteiger partial charge is 0.493 e. The molecule has 0 bridgehead atoms. The van der Waals surface area contributed by atoms with Crippen LogP contribution in [0.3, 0.4) is 0 Å². The lowest BCUT2D eigenvalue weighted by atomic mass is 9.98. The van der Waals surface area contributed by atoms with Crippen molar-refractivity contribution < 1.29 is 24.1 Å². The summed E-state index contributed by atoms with van der Waals surface area (Å²) in [5, 5.41) is 9.49. The van der Waals surface area contributed by atoms with Gasteiger partial charge in [0.1, 0.15) is 5.92 Å². The topological polar surface area (TPSA) is 77.9 Å². The molecule has 25 heavy (non-hydrogen) atoms. The quantitative estimate of drug-likeness (QED) is 0.741. The van der Waals surface area contributed by atoms with E-state index in [0.717, 1.165) is 17.5 Å². The van der Waals surface area contributed by atoms with E-state index in [1.165, 1.54) is 7.11 Å². The maximum Gasteiger partial charge on any atom is 0.315 e. The van der Waals surface area contributed by atoms with Gasteiger partial charge in [-0.05, 0) is 35.7 Å². The van der Waals surface area contributed by atoms with Crippen molar-refractivity contribution in [2.75, 3.05) is 27.4 Å². The van der Waals surface area contributed by atoms with Crippen LogP contribution >= 0.6 is 0 Å². The molecule has 6 heteroatoms. The Balaban J connectivity index is 2.38. The van der Waals surface area contributed by atoms with E-state index in [-0.39, 0.29) is 6.61 Å². The first-order valence-corrected chi connectivity index (χ1v) is 8.09. The number of methoxy groups -OCH3 is 2. The average molecular weight is 345 g/mol. The number of ether oxygens (including phenoxy) is 3. The van der Waals surface area contributed by atoms with Crippen LogP contribution in [0, 0.1) is 0 Å². The Morgan fingerprint density at radius 1 is 1.16 bits per heavy atom. The second-order valence-electron chi connectivity index (χ2n) is 5.48. The monoisotopic (exact) mass is 345 g/mol. The highest BCUT2D eigenvalue weighted by molar-refractivity contribution is 5.79. The number of aliphatic hydroxyl groups is 1. The van der Waals surface area contributed by atoms with Crippen molar-refractivity contribution in [3.05, 3.63) is 42.2 Å². The second-order valence-corrected chi connectivity index (χ2v) is 5.48. The van der Waals surface area contributed by atoms with E-state index in [1.807, 2.05) is 31.2 Å². The smallest absolute Gasteiger partial charge is 0.315 e. The van der Waals surface area contributed by atoms with Gasteiger partial charge in [0.25, 0.3) is 0 Å². The Labute approximate surface area is 147 Å². The van der Waals surface area contributed by atoms with Crippen LogP contribution in [0.2, 0.25) is 0 Å². The van der Waals surface area contributed by atoms with E-state index >= 15 is 0 Å². The fourth-order valence-electron chi connectivity index (χ4n) is 2.45. The number of aromatic nitrogens is 1. The number of pyridine rings is 1. The number of carbonyl (C=O) groups is 1. The normalized spacial score (nSPS) is 11.7. The minimum Gasteiger partial charge on any atom is -0.493 e. The second kappa shape index (κ2) is 9.03. The maximum atomic E-state index is 11.8. The molecule has 1 atom stereocenters. The maximum absolute atomic E-state index is 11.8. The standard InChI is InChI=1S/C19H23NO5/c1-4-7-25-18-9-13(5-6-17(18)23-2)14-8-15(11-20-10-14)16(12-21)19(22)24-3/h5-6,8-11,16,21H,4,7,12H2,1-3H3. The number of hydrogen-bond acceptors (Lipinski definition) is 6. The van der Waals surface area contributed by atoms with E-state index in [1.54, 1.807) is 19.5 Å². The average Bonchev–Trinajstić information content (AvgIpc) is 2.66. The van der Waals surface area contributed by atoms with Gasteiger partial charge in [-0.15, -0.1) is 0 Å². The first-order valence-electron chi connectivity index (χ1n) is 8.09. The number of carbonyl (C=O) groups excluding carboxylic acids is 1. The summed E-state index contributed by atoms with van der Waals surface area (Å²) in [5.41, 5.74) is 2.28. The molecule has 0 saturated heterocycles. The highest BCUT2D eigenvalue weighted by Gasteiger charge is 2.21. The van der Waals surface area contributed by atoms with Gasteiger partial charge in [0, 0.05) is 18.0 Å². The zero-order chi connectivity index (χ0) is 18.2. The van der Waals surface area contributed by atoms with Crippen LogP contribution in [-0.4, -0.2) is 43.5 Å². The third-order valence-electron chi connectivity index (χ3n) is 3.79. The third-order valence-corrected chi connectivity index (χ3v) is 3.79. The SMILES string of the molecule is CCCOc1cc(-c2cncc(C(CO)C(=O)OC)c2)ccc1OC.